The molecule has 0 atom stereocenters. The van der Waals surface area contributed by atoms with Crippen molar-refractivity contribution in [1.82, 2.24) is 5.32 Å². The van der Waals surface area contributed by atoms with Crippen LogP contribution in [0.4, 0.5) is 5.69 Å². The molecule has 1 saturated heterocycles. The maximum atomic E-state index is 12.2. The molecular formula is C19H18N2O2S. The van der Waals surface area contributed by atoms with Crippen LogP contribution in [0.15, 0.2) is 52.4 Å². The highest BCUT2D eigenvalue weighted by molar-refractivity contribution is 8.18. The lowest BCUT2D eigenvalue weighted by atomic mass is 10.1. The second kappa shape index (κ2) is 6.93. The van der Waals surface area contributed by atoms with Gasteiger partial charge in [0.05, 0.1) is 17.7 Å². The summed E-state index contributed by atoms with van der Waals surface area (Å²) < 4.78 is 5.32. The van der Waals surface area contributed by atoms with Crippen molar-refractivity contribution in [2.75, 3.05) is 7.11 Å². The lowest BCUT2D eigenvalue weighted by molar-refractivity contribution is -0.115. The van der Waals surface area contributed by atoms with E-state index in [0.29, 0.717) is 10.1 Å². The smallest absolute Gasteiger partial charge is 0.264 e. The molecular weight excluding hydrogens is 320 g/mol. The molecule has 2 aromatic carbocycles. The number of benzene rings is 2. The molecule has 1 amide bonds. The minimum absolute atomic E-state index is 0.144. The van der Waals surface area contributed by atoms with Gasteiger partial charge in [-0.15, -0.1) is 0 Å². The lowest BCUT2D eigenvalue weighted by Gasteiger charge is -2.03. The molecule has 5 heteroatoms. The van der Waals surface area contributed by atoms with Gasteiger partial charge in [-0.25, -0.2) is 4.99 Å². The Hall–Kier alpha value is -2.53. The molecule has 0 aliphatic carbocycles. The third kappa shape index (κ3) is 3.51. The monoisotopic (exact) mass is 338 g/mol. The first kappa shape index (κ1) is 16.3. The number of amidine groups is 1. The summed E-state index contributed by atoms with van der Waals surface area (Å²) in [6.07, 6.45) is 1.82. The number of methoxy groups -OCH3 is 1. The molecule has 1 aliphatic heterocycles. The van der Waals surface area contributed by atoms with Crippen LogP contribution in [0, 0.1) is 13.8 Å². The normalized spacial score (nSPS) is 17.4. The largest absolute Gasteiger partial charge is 0.496 e. The molecule has 0 aromatic heterocycles. The minimum atomic E-state index is -0.144. The highest BCUT2D eigenvalue weighted by atomic mass is 32.2. The second-order valence-corrected chi connectivity index (χ2v) is 6.54. The summed E-state index contributed by atoms with van der Waals surface area (Å²) in [5.74, 6) is 0.590. The average molecular weight is 338 g/mol. The van der Waals surface area contributed by atoms with Crippen molar-refractivity contribution in [2.45, 2.75) is 13.8 Å². The molecule has 4 nitrogen and oxygen atoms in total. The van der Waals surface area contributed by atoms with Gasteiger partial charge < -0.3 is 10.1 Å². The maximum absolute atomic E-state index is 12.2. The number of para-hydroxylation sites is 1. The molecule has 1 N–H and O–H groups in total. The predicted octanol–water partition coefficient (Wildman–Crippen LogP) is 4.20. The number of nitrogens with zero attached hydrogens (tertiary/aromatic N) is 1. The lowest BCUT2D eigenvalue weighted by Crippen LogP contribution is -2.19. The first-order valence-electron chi connectivity index (χ1n) is 7.56. The first-order chi connectivity index (χ1) is 11.6. The van der Waals surface area contributed by atoms with Crippen LogP contribution in [0.25, 0.3) is 6.08 Å². The number of ether oxygens (including phenoxy) is 1. The van der Waals surface area contributed by atoms with Crippen molar-refractivity contribution in [1.29, 1.82) is 0 Å². The van der Waals surface area contributed by atoms with Gasteiger partial charge in [0.1, 0.15) is 5.75 Å². The number of carbonyl (C=O) groups excluding carboxylic acids is 1. The van der Waals surface area contributed by atoms with E-state index in [4.69, 9.17) is 4.74 Å². The summed E-state index contributed by atoms with van der Waals surface area (Å²) in [6.45, 7) is 4.06. The summed E-state index contributed by atoms with van der Waals surface area (Å²) in [5.41, 5.74) is 4.00. The molecule has 24 heavy (non-hydrogen) atoms. The Morgan fingerprint density at radius 1 is 1.17 bits per heavy atom. The zero-order valence-electron chi connectivity index (χ0n) is 13.8. The first-order valence-corrected chi connectivity index (χ1v) is 8.38. The fraction of sp³-hybridized carbons (Fsp3) is 0.158. The van der Waals surface area contributed by atoms with Gasteiger partial charge in [0, 0.05) is 5.56 Å². The standard InChI is InChI=1S/C19H18N2O2S/c1-12-8-9-15(13(2)10-12)20-19-21-18(22)17(24-19)11-14-6-4-5-7-16(14)23-3/h4-11H,1-3H3,(H,20,21,22)/b17-11-. The molecule has 0 bridgehead atoms. The number of carbonyl (C=O) groups is 1. The predicted molar refractivity (Wildman–Crippen MR) is 99.7 cm³/mol. The number of amides is 1. The summed E-state index contributed by atoms with van der Waals surface area (Å²) in [6, 6.07) is 13.7. The number of thioether (sulfide) groups is 1. The van der Waals surface area contributed by atoms with E-state index in [1.54, 1.807) is 7.11 Å². The van der Waals surface area contributed by atoms with E-state index in [1.165, 1.54) is 17.3 Å². The van der Waals surface area contributed by atoms with Gasteiger partial charge in [-0.2, -0.15) is 0 Å². The van der Waals surface area contributed by atoms with E-state index >= 15 is 0 Å². The Balaban J connectivity index is 1.88. The Morgan fingerprint density at radius 2 is 1.96 bits per heavy atom. The molecule has 3 rings (SSSR count). The van der Waals surface area contributed by atoms with Crippen LogP contribution in [0.5, 0.6) is 5.75 Å². The van der Waals surface area contributed by atoms with E-state index in [1.807, 2.05) is 56.3 Å². The van der Waals surface area contributed by atoms with Crippen LogP contribution in [0.3, 0.4) is 0 Å². The van der Waals surface area contributed by atoms with Crippen molar-refractivity contribution in [2.24, 2.45) is 4.99 Å². The Kier molecular flexibility index (Phi) is 4.71. The molecule has 1 fully saturated rings. The topological polar surface area (TPSA) is 50.7 Å². The minimum Gasteiger partial charge on any atom is -0.496 e. The fourth-order valence-corrected chi connectivity index (χ4v) is 3.27. The molecule has 0 unspecified atom stereocenters. The second-order valence-electron chi connectivity index (χ2n) is 5.51. The average Bonchev–Trinajstić information content (AvgIpc) is 2.90. The highest BCUT2D eigenvalue weighted by Gasteiger charge is 2.24. The number of hydrogen-bond acceptors (Lipinski definition) is 4. The van der Waals surface area contributed by atoms with E-state index < -0.39 is 0 Å². The van der Waals surface area contributed by atoms with Crippen molar-refractivity contribution < 1.29 is 9.53 Å². The number of aliphatic imine (C=N–C) groups is 1. The number of hydrogen-bond donors (Lipinski definition) is 1. The van der Waals surface area contributed by atoms with Crippen molar-refractivity contribution in [3.63, 3.8) is 0 Å². The zero-order chi connectivity index (χ0) is 17.1. The van der Waals surface area contributed by atoms with Gasteiger partial charge in [0.25, 0.3) is 5.91 Å². The number of aryl methyl sites for hydroxylation is 2. The van der Waals surface area contributed by atoms with E-state index in [-0.39, 0.29) is 5.91 Å². The van der Waals surface area contributed by atoms with Crippen LogP contribution in [-0.4, -0.2) is 18.2 Å². The van der Waals surface area contributed by atoms with Gasteiger partial charge >= 0.3 is 0 Å². The van der Waals surface area contributed by atoms with Crippen LogP contribution in [-0.2, 0) is 4.79 Å². The molecule has 0 spiro atoms. The summed E-state index contributed by atoms with van der Waals surface area (Å²) >= 11 is 1.34. The number of rotatable bonds is 3. The van der Waals surface area contributed by atoms with E-state index in [0.717, 1.165) is 22.6 Å². The SMILES string of the molecule is COc1ccccc1/C=C1\SC(=Nc2ccc(C)cc2C)NC1=O. The van der Waals surface area contributed by atoms with Gasteiger partial charge in [-0.3, -0.25) is 4.79 Å². The molecule has 122 valence electrons. The molecule has 0 radical (unpaired) electrons. The maximum Gasteiger partial charge on any atom is 0.264 e. The molecule has 1 heterocycles. The summed E-state index contributed by atoms with van der Waals surface area (Å²) in [5, 5.41) is 3.41. The molecule has 2 aromatic rings. The quantitative estimate of drug-likeness (QED) is 0.853. The summed E-state index contributed by atoms with van der Waals surface area (Å²) in [4.78, 5) is 17.4. The Labute approximate surface area is 145 Å². The number of nitrogens with one attached hydrogen (secondary N) is 1. The van der Waals surface area contributed by atoms with Crippen LogP contribution in [0.1, 0.15) is 16.7 Å². The van der Waals surface area contributed by atoms with Crippen LogP contribution >= 0.6 is 11.8 Å². The molecule has 1 aliphatic rings. The van der Waals surface area contributed by atoms with Gasteiger partial charge in [0.2, 0.25) is 0 Å². The van der Waals surface area contributed by atoms with Crippen LogP contribution < -0.4 is 10.1 Å². The van der Waals surface area contributed by atoms with Crippen molar-refractivity contribution in [3.8, 4) is 5.75 Å². The van der Waals surface area contributed by atoms with Gasteiger partial charge in [0.15, 0.2) is 5.17 Å². The van der Waals surface area contributed by atoms with Gasteiger partial charge in [-0.1, -0.05) is 35.9 Å². The molecule has 0 saturated carbocycles. The highest BCUT2D eigenvalue weighted by Crippen LogP contribution is 2.31. The third-order valence-corrected chi connectivity index (χ3v) is 4.56. The third-order valence-electron chi connectivity index (χ3n) is 3.65. The van der Waals surface area contributed by atoms with Crippen molar-refractivity contribution in [3.05, 3.63) is 64.1 Å². The summed E-state index contributed by atoms with van der Waals surface area (Å²) in [7, 11) is 1.62. The fourth-order valence-electron chi connectivity index (χ4n) is 2.45. The van der Waals surface area contributed by atoms with E-state index in [9.17, 15) is 4.79 Å². The Bertz CT molecular complexity index is 856. The Morgan fingerprint density at radius 3 is 2.71 bits per heavy atom. The van der Waals surface area contributed by atoms with Crippen molar-refractivity contribution >= 4 is 34.6 Å². The van der Waals surface area contributed by atoms with E-state index in [2.05, 4.69) is 16.4 Å². The zero-order valence-corrected chi connectivity index (χ0v) is 14.6. The van der Waals surface area contributed by atoms with Gasteiger partial charge in [-0.05, 0) is 49.4 Å². The van der Waals surface area contributed by atoms with Crippen LogP contribution in [0.2, 0.25) is 0 Å².